The van der Waals surface area contributed by atoms with Gasteiger partial charge < -0.3 is 5.11 Å². The smallest absolute Gasteiger partial charge is 0.390 e. The predicted molar refractivity (Wildman–Crippen MR) is 49.5 cm³/mol. The van der Waals surface area contributed by atoms with Crippen LogP contribution in [0.3, 0.4) is 0 Å². The van der Waals surface area contributed by atoms with E-state index >= 15 is 0 Å². The van der Waals surface area contributed by atoms with Crippen molar-refractivity contribution in [2.75, 3.05) is 13.3 Å². The predicted octanol–water partition coefficient (Wildman–Crippen LogP) is 4.01. The molecule has 0 aliphatic carbocycles. The van der Waals surface area contributed by atoms with E-state index < -0.39 is 56.0 Å². The first-order valence-corrected chi connectivity index (χ1v) is 5.62. The van der Waals surface area contributed by atoms with Gasteiger partial charge in [-0.1, -0.05) is 0 Å². The summed E-state index contributed by atoms with van der Waals surface area (Å²) in [6, 6.07) is 0. The van der Waals surface area contributed by atoms with E-state index in [1.54, 1.807) is 0 Å². The minimum absolute atomic E-state index is 2.03. The molecule has 3 nitrogen and oxygen atoms in total. The molecule has 0 spiro atoms. The SMILES string of the molecule is OCC(F)(OC(F)(F)C(F)(OC(F)(F)CCF)C(F)(F)F)C(F)(F)F. The first-order chi connectivity index (χ1) is 10.8. The zero-order valence-electron chi connectivity index (χ0n) is 11.3. The number of hydrogen-bond acceptors (Lipinski definition) is 3. The van der Waals surface area contributed by atoms with Crippen molar-refractivity contribution in [2.45, 2.75) is 42.7 Å². The molecule has 0 aromatic rings. The molecule has 0 bridgehead atoms. The van der Waals surface area contributed by atoms with Crippen LogP contribution in [-0.4, -0.2) is 54.7 Å². The van der Waals surface area contributed by atoms with E-state index in [1.165, 1.54) is 0 Å². The molecule has 2 atom stereocenters. The third kappa shape index (κ3) is 4.99. The monoisotopic (exact) mass is 410 g/mol. The van der Waals surface area contributed by atoms with Crippen LogP contribution < -0.4 is 0 Å². The number of aliphatic hydroxyl groups excluding tert-OH is 1. The van der Waals surface area contributed by atoms with Crippen LogP contribution in [0.15, 0.2) is 0 Å². The highest BCUT2D eigenvalue weighted by atomic mass is 19.4. The molecule has 0 rings (SSSR count). The molecule has 152 valence electrons. The van der Waals surface area contributed by atoms with Crippen LogP contribution in [0.1, 0.15) is 6.42 Å². The minimum Gasteiger partial charge on any atom is -0.390 e. The lowest BCUT2D eigenvalue weighted by Gasteiger charge is -2.38. The minimum atomic E-state index is -7.20. The lowest BCUT2D eigenvalue weighted by Crippen LogP contribution is -2.64. The first kappa shape index (κ1) is 24.0. The summed E-state index contributed by atoms with van der Waals surface area (Å²) in [5, 5.41) is 8.07. The highest BCUT2D eigenvalue weighted by molar-refractivity contribution is 4.91. The fourth-order valence-electron chi connectivity index (χ4n) is 1.10. The van der Waals surface area contributed by atoms with Crippen molar-refractivity contribution in [3.63, 3.8) is 0 Å². The average molecular weight is 410 g/mol. The van der Waals surface area contributed by atoms with E-state index in [4.69, 9.17) is 5.11 Å². The molecule has 0 heterocycles. The van der Waals surface area contributed by atoms with Gasteiger partial charge >= 0.3 is 36.3 Å². The van der Waals surface area contributed by atoms with E-state index in [9.17, 15) is 57.1 Å². The van der Waals surface area contributed by atoms with Crippen molar-refractivity contribution >= 4 is 0 Å². The lowest BCUT2D eigenvalue weighted by atomic mass is 10.2. The van der Waals surface area contributed by atoms with Crippen LogP contribution in [0.2, 0.25) is 0 Å². The van der Waals surface area contributed by atoms with Crippen molar-refractivity contribution in [3.05, 3.63) is 0 Å². The molecule has 0 aliphatic rings. The molecular weight excluding hydrogens is 403 g/mol. The zero-order valence-corrected chi connectivity index (χ0v) is 11.3. The van der Waals surface area contributed by atoms with Gasteiger partial charge in [-0.2, -0.15) is 52.7 Å². The van der Waals surface area contributed by atoms with E-state index in [0.29, 0.717) is 0 Å². The van der Waals surface area contributed by atoms with E-state index in [0.717, 1.165) is 0 Å². The summed E-state index contributed by atoms with van der Waals surface area (Å²) in [6.45, 7) is -5.29. The summed E-state index contributed by atoms with van der Waals surface area (Å²) in [6.07, 6.45) is -28.9. The summed E-state index contributed by atoms with van der Waals surface area (Å²) in [5.41, 5.74) is 0. The van der Waals surface area contributed by atoms with Crippen LogP contribution >= 0.6 is 0 Å². The third-order valence-electron chi connectivity index (χ3n) is 2.33. The highest BCUT2D eigenvalue weighted by Gasteiger charge is 2.80. The Kier molecular flexibility index (Phi) is 6.65. The molecule has 0 aliphatic heterocycles. The third-order valence-corrected chi connectivity index (χ3v) is 2.33. The summed E-state index contributed by atoms with van der Waals surface area (Å²) in [7, 11) is 0. The number of aliphatic hydroxyl groups is 1. The second kappa shape index (κ2) is 6.94. The number of halogens is 13. The molecule has 25 heavy (non-hydrogen) atoms. The van der Waals surface area contributed by atoms with Gasteiger partial charge in [-0.15, -0.1) is 0 Å². The molecule has 0 saturated carbocycles. The molecule has 0 saturated heterocycles. The summed E-state index contributed by atoms with van der Waals surface area (Å²) < 4.78 is 168. The van der Waals surface area contributed by atoms with Crippen molar-refractivity contribution < 1.29 is 71.7 Å². The summed E-state index contributed by atoms with van der Waals surface area (Å²) >= 11 is 0. The van der Waals surface area contributed by atoms with Gasteiger partial charge in [0.25, 0.3) is 0 Å². The van der Waals surface area contributed by atoms with Gasteiger partial charge in [0.05, 0.1) is 13.1 Å². The van der Waals surface area contributed by atoms with Gasteiger partial charge in [-0.05, 0) is 0 Å². The molecule has 0 radical (unpaired) electrons. The Labute approximate surface area is 129 Å². The second-order valence-corrected chi connectivity index (χ2v) is 4.27. The molecule has 0 amide bonds. The Hall–Kier alpha value is -1.03. The van der Waals surface area contributed by atoms with Crippen molar-refractivity contribution in [2.24, 2.45) is 0 Å². The topological polar surface area (TPSA) is 38.7 Å². The largest absolute Gasteiger partial charge is 0.458 e. The van der Waals surface area contributed by atoms with E-state index in [2.05, 4.69) is 4.74 Å². The maximum Gasteiger partial charge on any atom is 0.458 e. The Balaban J connectivity index is 6.03. The Morgan fingerprint density at radius 1 is 0.680 bits per heavy atom. The molecule has 0 aromatic carbocycles. The van der Waals surface area contributed by atoms with Gasteiger partial charge in [0.2, 0.25) is 0 Å². The molecule has 2 unspecified atom stereocenters. The molecular formula is C9H7F13O3. The Morgan fingerprint density at radius 3 is 1.40 bits per heavy atom. The van der Waals surface area contributed by atoms with Gasteiger partial charge in [0.15, 0.2) is 0 Å². The van der Waals surface area contributed by atoms with Gasteiger partial charge in [0, 0.05) is 0 Å². The van der Waals surface area contributed by atoms with Crippen molar-refractivity contribution in [3.8, 4) is 0 Å². The zero-order chi connectivity index (χ0) is 20.5. The van der Waals surface area contributed by atoms with E-state index in [1.807, 2.05) is 4.74 Å². The summed E-state index contributed by atoms with van der Waals surface area (Å²) in [5.74, 6) is -13.0. The normalized spacial score (nSPS) is 19.4. The maximum atomic E-state index is 13.5. The van der Waals surface area contributed by atoms with E-state index in [-0.39, 0.29) is 0 Å². The molecule has 1 N–H and O–H groups in total. The average Bonchev–Trinajstić information content (AvgIpc) is 2.34. The van der Waals surface area contributed by atoms with Gasteiger partial charge in [0.1, 0.15) is 6.61 Å². The molecule has 0 fully saturated rings. The number of ether oxygens (including phenoxy) is 2. The molecule has 0 aromatic heterocycles. The van der Waals surface area contributed by atoms with Crippen LogP contribution in [0.4, 0.5) is 57.1 Å². The lowest BCUT2D eigenvalue weighted by molar-refractivity contribution is -0.532. The van der Waals surface area contributed by atoms with Crippen LogP contribution in [0.5, 0.6) is 0 Å². The van der Waals surface area contributed by atoms with Gasteiger partial charge in [-0.25, -0.2) is 0 Å². The summed E-state index contributed by atoms with van der Waals surface area (Å²) in [4.78, 5) is 0. The molecule has 16 heteroatoms. The number of alkyl halides is 13. The fourth-order valence-corrected chi connectivity index (χ4v) is 1.10. The van der Waals surface area contributed by atoms with Crippen LogP contribution in [0.25, 0.3) is 0 Å². The Bertz CT molecular complexity index is 447. The standard InChI is InChI=1S/C9H7F13O3/c10-2-1-5(12,13)25-6(14,8(18,19)20)9(21,22)24-4(11,3-23)7(15,16)17/h23H,1-3H2. The number of hydrogen-bond donors (Lipinski definition) is 1. The second-order valence-electron chi connectivity index (χ2n) is 4.27. The van der Waals surface area contributed by atoms with Gasteiger partial charge in [-0.3, -0.25) is 13.9 Å². The van der Waals surface area contributed by atoms with Crippen molar-refractivity contribution in [1.82, 2.24) is 0 Å². The van der Waals surface area contributed by atoms with Crippen LogP contribution in [0, 0.1) is 0 Å². The maximum absolute atomic E-state index is 13.5. The highest BCUT2D eigenvalue weighted by Crippen LogP contribution is 2.52. The first-order valence-electron chi connectivity index (χ1n) is 5.62. The van der Waals surface area contributed by atoms with Crippen LogP contribution in [-0.2, 0) is 9.47 Å². The quantitative estimate of drug-likeness (QED) is 0.615. The number of rotatable bonds is 8. The van der Waals surface area contributed by atoms with Crippen molar-refractivity contribution in [1.29, 1.82) is 0 Å². The Morgan fingerprint density at radius 2 is 1.12 bits per heavy atom. The fraction of sp³-hybridized carbons (Fsp3) is 1.00.